The largest absolute Gasteiger partial charge is 0.387 e. The van der Waals surface area contributed by atoms with Crippen LogP contribution in [0.25, 0.3) is 11.0 Å². The summed E-state index contributed by atoms with van der Waals surface area (Å²) in [6.45, 7) is 3.52. The molecule has 22 heavy (non-hydrogen) atoms. The Balaban J connectivity index is 1.81. The van der Waals surface area contributed by atoms with Crippen LogP contribution < -0.4 is 4.90 Å². The van der Waals surface area contributed by atoms with Crippen molar-refractivity contribution in [2.75, 3.05) is 18.0 Å². The van der Waals surface area contributed by atoms with Crippen LogP contribution >= 0.6 is 0 Å². The van der Waals surface area contributed by atoms with Crippen LogP contribution in [0.4, 0.5) is 5.69 Å². The van der Waals surface area contributed by atoms with Gasteiger partial charge in [0.25, 0.3) is 0 Å². The van der Waals surface area contributed by atoms with Crippen LogP contribution in [0.1, 0.15) is 18.6 Å². The highest BCUT2D eigenvalue weighted by Gasteiger charge is 2.14. The van der Waals surface area contributed by atoms with Gasteiger partial charge >= 0.3 is 0 Å². The summed E-state index contributed by atoms with van der Waals surface area (Å²) < 4.78 is 1.98. The monoisotopic (exact) mass is 295 g/mol. The molecule has 0 aliphatic heterocycles. The van der Waals surface area contributed by atoms with Gasteiger partial charge in [0.2, 0.25) is 0 Å². The molecule has 0 aliphatic rings. The molecule has 1 N–H and O–H groups in total. The number of fused-ring (bicyclic) bond motifs is 1. The van der Waals surface area contributed by atoms with Crippen LogP contribution in [0.2, 0.25) is 0 Å². The van der Waals surface area contributed by atoms with Crippen molar-refractivity contribution < 1.29 is 5.11 Å². The fourth-order valence-electron chi connectivity index (χ4n) is 2.73. The number of rotatable bonds is 5. The summed E-state index contributed by atoms with van der Waals surface area (Å²) in [5.41, 5.74) is 4.02. The number of aliphatic hydroxyl groups excluding tert-OH is 1. The van der Waals surface area contributed by atoms with E-state index in [4.69, 9.17) is 0 Å². The van der Waals surface area contributed by atoms with E-state index < -0.39 is 6.10 Å². The second-order valence-corrected chi connectivity index (χ2v) is 5.49. The predicted molar refractivity (Wildman–Crippen MR) is 90.0 cm³/mol. The van der Waals surface area contributed by atoms with Crippen LogP contribution in [0.3, 0.4) is 0 Å². The van der Waals surface area contributed by atoms with Crippen molar-refractivity contribution >= 4 is 16.7 Å². The standard InChI is InChI=1S/C18H21N3O/c1-3-21(15-7-5-4-6-8-15)12-18(22)14-9-10-17-16(11-14)19-13-20(17)2/h4-11,13,18,22H,3,12H2,1-2H3. The molecule has 1 aromatic heterocycles. The van der Waals surface area contributed by atoms with Gasteiger partial charge in [-0.3, -0.25) is 0 Å². The minimum atomic E-state index is -0.536. The van der Waals surface area contributed by atoms with Crippen molar-refractivity contribution in [2.45, 2.75) is 13.0 Å². The molecule has 0 amide bonds. The number of hydrogen-bond donors (Lipinski definition) is 1. The Kier molecular flexibility index (Phi) is 4.11. The maximum Gasteiger partial charge on any atom is 0.0965 e. The Labute approximate surface area is 130 Å². The maximum atomic E-state index is 10.6. The first-order valence-corrected chi connectivity index (χ1v) is 7.58. The Hall–Kier alpha value is -2.33. The summed E-state index contributed by atoms with van der Waals surface area (Å²) in [5, 5.41) is 10.6. The van der Waals surface area contributed by atoms with Crippen LogP contribution in [-0.4, -0.2) is 27.7 Å². The normalized spacial score (nSPS) is 12.5. The first-order valence-electron chi connectivity index (χ1n) is 7.58. The van der Waals surface area contributed by atoms with Gasteiger partial charge < -0.3 is 14.6 Å². The lowest BCUT2D eigenvalue weighted by Gasteiger charge is -2.26. The lowest BCUT2D eigenvalue weighted by Crippen LogP contribution is -2.28. The van der Waals surface area contributed by atoms with E-state index in [0.29, 0.717) is 6.54 Å². The molecule has 0 aliphatic carbocycles. The number of likely N-dealkylation sites (N-methyl/N-ethyl adjacent to an activating group) is 1. The zero-order valence-electron chi connectivity index (χ0n) is 13.0. The van der Waals surface area contributed by atoms with Gasteiger partial charge in [-0.1, -0.05) is 24.3 Å². The quantitative estimate of drug-likeness (QED) is 0.786. The van der Waals surface area contributed by atoms with Gasteiger partial charge in [0.1, 0.15) is 0 Å². The van der Waals surface area contributed by atoms with E-state index in [1.165, 1.54) is 0 Å². The molecule has 0 radical (unpaired) electrons. The third kappa shape index (κ3) is 2.83. The van der Waals surface area contributed by atoms with Crippen LogP contribution in [0.15, 0.2) is 54.9 Å². The lowest BCUT2D eigenvalue weighted by atomic mass is 10.1. The number of nitrogens with zero attached hydrogens (tertiary/aromatic N) is 3. The minimum absolute atomic E-state index is 0.536. The minimum Gasteiger partial charge on any atom is -0.387 e. The second-order valence-electron chi connectivity index (χ2n) is 5.49. The molecule has 0 saturated carbocycles. The lowest BCUT2D eigenvalue weighted by molar-refractivity contribution is 0.184. The predicted octanol–water partition coefficient (Wildman–Crippen LogP) is 3.13. The molecular formula is C18H21N3O. The molecule has 1 unspecified atom stereocenters. The van der Waals surface area contributed by atoms with Gasteiger partial charge in [-0.05, 0) is 36.8 Å². The molecule has 1 atom stereocenters. The molecule has 0 saturated heterocycles. The van der Waals surface area contributed by atoms with Gasteiger partial charge in [-0.15, -0.1) is 0 Å². The highest BCUT2D eigenvalue weighted by Crippen LogP contribution is 2.22. The van der Waals surface area contributed by atoms with E-state index >= 15 is 0 Å². The first-order chi connectivity index (χ1) is 10.7. The molecule has 4 heteroatoms. The topological polar surface area (TPSA) is 41.3 Å². The second kappa shape index (κ2) is 6.20. The van der Waals surface area contributed by atoms with Crippen molar-refractivity contribution in [1.29, 1.82) is 0 Å². The number of imidazole rings is 1. The average molecular weight is 295 g/mol. The van der Waals surface area contributed by atoms with E-state index in [1.54, 1.807) is 6.33 Å². The Morgan fingerprint density at radius 2 is 1.95 bits per heavy atom. The third-order valence-electron chi connectivity index (χ3n) is 4.03. The summed E-state index contributed by atoms with van der Waals surface area (Å²) in [6.07, 6.45) is 1.26. The van der Waals surface area contributed by atoms with Crippen molar-refractivity contribution in [3.63, 3.8) is 0 Å². The summed E-state index contributed by atoms with van der Waals surface area (Å²) in [4.78, 5) is 6.53. The molecule has 3 rings (SSSR count). The maximum absolute atomic E-state index is 10.6. The molecule has 0 spiro atoms. The zero-order valence-corrected chi connectivity index (χ0v) is 13.0. The van der Waals surface area contributed by atoms with Gasteiger partial charge in [0.05, 0.1) is 23.5 Å². The van der Waals surface area contributed by atoms with E-state index in [0.717, 1.165) is 28.8 Å². The van der Waals surface area contributed by atoms with E-state index in [9.17, 15) is 5.11 Å². The van der Waals surface area contributed by atoms with Crippen LogP contribution in [-0.2, 0) is 7.05 Å². The van der Waals surface area contributed by atoms with Gasteiger partial charge in [-0.2, -0.15) is 0 Å². The van der Waals surface area contributed by atoms with E-state index in [2.05, 4.69) is 28.9 Å². The zero-order chi connectivity index (χ0) is 15.5. The average Bonchev–Trinajstić information content (AvgIpc) is 2.94. The highest BCUT2D eigenvalue weighted by molar-refractivity contribution is 5.76. The van der Waals surface area contributed by atoms with Gasteiger partial charge in [0.15, 0.2) is 0 Å². The van der Waals surface area contributed by atoms with Crippen molar-refractivity contribution in [3.8, 4) is 0 Å². The summed E-state index contributed by atoms with van der Waals surface area (Å²) in [6, 6.07) is 16.1. The summed E-state index contributed by atoms with van der Waals surface area (Å²) >= 11 is 0. The molecule has 0 bridgehead atoms. The first kappa shape index (κ1) is 14.6. The summed E-state index contributed by atoms with van der Waals surface area (Å²) in [5.74, 6) is 0. The molecule has 0 fully saturated rings. The number of aromatic nitrogens is 2. The van der Waals surface area contributed by atoms with Gasteiger partial charge in [-0.25, -0.2) is 4.98 Å². The summed E-state index contributed by atoms with van der Waals surface area (Å²) in [7, 11) is 1.97. The van der Waals surface area contributed by atoms with Crippen LogP contribution in [0.5, 0.6) is 0 Å². The Bertz CT molecular complexity index is 751. The highest BCUT2D eigenvalue weighted by atomic mass is 16.3. The van der Waals surface area contributed by atoms with E-state index in [-0.39, 0.29) is 0 Å². The molecule has 114 valence electrons. The molecule has 2 aromatic carbocycles. The number of aryl methyl sites for hydroxylation is 1. The molecule has 3 aromatic rings. The SMILES string of the molecule is CCN(CC(O)c1ccc2c(c1)ncn2C)c1ccccc1. The molecular weight excluding hydrogens is 274 g/mol. The number of para-hydroxylation sites is 1. The molecule has 1 heterocycles. The van der Waals surface area contributed by atoms with Crippen LogP contribution in [0, 0.1) is 0 Å². The smallest absolute Gasteiger partial charge is 0.0965 e. The number of benzene rings is 2. The Morgan fingerprint density at radius 3 is 2.68 bits per heavy atom. The fourth-order valence-corrected chi connectivity index (χ4v) is 2.73. The Morgan fingerprint density at radius 1 is 1.18 bits per heavy atom. The third-order valence-corrected chi connectivity index (χ3v) is 4.03. The van der Waals surface area contributed by atoms with Crippen molar-refractivity contribution in [1.82, 2.24) is 9.55 Å². The number of anilines is 1. The van der Waals surface area contributed by atoms with Crippen molar-refractivity contribution in [2.24, 2.45) is 7.05 Å². The molecule has 4 nitrogen and oxygen atoms in total. The fraction of sp³-hybridized carbons (Fsp3) is 0.278. The van der Waals surface area contributed by atoms with Gasteiger partial charge in [0, 0.05) is 25.8 Å². The van der Waals surface area contributed by atoms with E-state index in [1.807, 2.05) is 48.0 Å². The van der Waals surface area contributed by atoms with Crippen molar-refractivity contribution in [3.05, 3.63) is 60.4 Å². The number of hydrogen-bond acceptors (Lipinski definition) is 3. The number of aliphatic hydroxyl groups is 1.